The van der Waals surface area contributed by atoms with Gasteiger partial charge >= 0.3 is 0 Å². The highest BCUT2D eigenvalue weighted by Gasteiger charge is 2.11. The molecule has 0 spiro atoms. The highest BCUT2D eigenvalue weighted by molar-refractivity contribution is 6.05. The standard InChI is InChI=1S/C17H19NO3/c1-11-5-6-12(2)16(7-11)17(19)18-13-8-14(20-3)10-15(9-13)21-4/h5-10H,1-4H3,(H,18,19). The summed E-state index contributed by atoms with van der Waals surface area (Å²) in [5.41, 5.74) is 3.29. The zero-order valence-electron chi connectivity index (χ0n) is 12.7. The van der Waals surface area contributed by atoms with E-state index in [1.807, 2.05) is 32.0 Å². The number of aryl methyl sites for hydroxylation is 2. The van der Waals surface area contributed by atoms with E-state index in [0.29, 0.717) is 22.7 Å². The minimum atomic E-state index is -0.147. The van der Waals surface area contributed by atoms with E-state index in [1.54, 1.807) is 32.4 Å². The smallest absolute Gasteiger partial charge is 0.255 e. The van der Waals surface area contributed by atoms with E-state index in [4.69, 9.17) is 9.47 Å². The molecule has 0 fully saturated rings. The molecule has 0 atom stereocenters. The van der Waals surface area contributed by atoms with Gasteiger partial charge < -0.3 is 14.8 Å². The highest BCUT2D eigenvalue weighted by Crippen LogP contribution is 2.26. The summed E-state index contributed by atoms with van der Waals surface area (Å²) >= 11 is 0. The summed E-state index contributed by atoms with van der Waals surface area (Å²) in [7, 11) is 3.15. The van der Waals surface area contributed by atoms with Gasteiger partial charge in [-0.1, -0.05) is 17.7 Å². The third-order valence-corrected chi connectivity index (χ3v) is 3.25. The number of anilines is 1. The fourth-order valence-corrected chi connectivity index (χ4v) is 2.06. The molecule has 0 unspecified atom stereocenters. The van der Waals surface area contributed by atoms with E-state index in [-0.39, 0.29) is 5.91 Å². The van der Waals surface area contributed by atoms with Crippen molar-refractivity contribution in [1.29, 1.82) is 0 Å². The average molecular weight is 285 g/mol. The Morgan fingerprint density at radius 2 is 1.57 bits per heavy atom. The van der Waals surface area contributed by atoms with E-state index in [1.165, 1.54) is 0 Å². The van der Waals surface area contributed by atoms with Crippen LogP contribution in [0.25, 0.3) is 0 Å². The van der Waals surface area contributed by atoms with Crippen LogP contribution in [0.4, 0.5) is 5.69 Å². The second-order valence-corrected chi connectivity index (χ2v) is 4.87. The SMILES string of the molecule is COc1cc(NC(=O)c2cc(C)ccc2C)cc(OC)c1. The van der Waals surface area contributed by atoms with Crippen molar-refractivity contribution in [3.05, 3.63) is 53.1 Å². The molecule has 4 heteroatoms. The predicted molar refractivity (Wildman–Crippen MR) is 83.4 cm³/mol. The number of amides is 1. The number of carbonyl (C=O) groups excluding carboxylic acids is 1. The molecule has 21 heavy (non-hydrogen) atoms. The molecule has 0 aliphatic rings. The van der Waals surface area contributed by atoms with Crippen molar-refractivity contribution in [2.24, 2.45) is 0 Å². The lowest BCUT2D eigenvalue weighted by Crippen LogP contribution is -2.13. The molecular weight excluding hydrogens is 266 g/mol. The Balaban J connectivity index is 2.28. The maximum Gasteiger partial charge on any atom is 0.255 e. The van der Waals surface area contributed by atoms with E-state index in [2.05, 4.69) is 5.32 Å². The number of hydrogen-bond acceptors (Lipinski definition) is 3. The van der Waals surface area contributed by atoms with Gasteiger partial charge in [-0.3, -0.25) is 4.79 Å². The Morgan fingerprint density at radius 1 is 0.952 bits per heavy atom. The van der Waals surface area contributed by atoms with Crippen LogP contribution in [-0.2, 0) is 0 Å². The van der Waals surface area contributed by atoms with Crippen LogP contribution in [0.5, 0.6) is 11.5 Å². The van der Waals surface area contributed by atoms with Gasteiger partial charge in [-0.15, -0.1) is 0 Å². The Morgan fingerprint density at radius 3 is 2.14 bits per heavy atom. The summed E-state index contributed by atoms with van der Waals surface area (Å²) in [5.74, 6) is 1.11. The van der Waals surface area contributed by atoms with Crippen LogP contribution < -0.4 is 14.8 Å². The van der Waals surface area contributed by atoms with Crippen molar-refractivity contribution in [3.8, 4) is 11.5 Å². The number of hydrogen-bond donors (Lipinski definition) is 1. The largest absolute Gasteiger partial charge is 0.497 e. The lowest BCUT2D eigenvalue weighted by Gasteiger charge is -2.11. The van der Waals surface area contributed by atoms with E-state index in [0.717, 1.165) is 11.1 Å². The van der Waals surface area contributed by atoms with Gasteiger partial charge in [-0.2, -0.15) is 0 Å². The molecule has 0 saturated heterocycles. The molecule has 0 bridgehead atoms. The van der Waals surface area contributed by atoms with Crippen LogP contribution >= 0.6 is 0 Å². The second kappa shape index (κ2) is 6.31. The second-order valence-electron chi connectivity index (χ2n) is 4.87. The van der Waals surface area contributed by atoms with Gasteiger partial charge in [0.05, 0.1) is 14.2 Å². The normalized spacial score (nSPS) is 10.1. The highest BCUT2D eigenvalue weighted by atomic mass is 16.5. The van der Waals surface area contributed by atoms with Crippen molar-refractivity contribution in [2.75, 3.05) is 19.5 Å². The Bertz CT molecular complexity index is 643. The molecule has 0 heterocycles. The van der Waals surface area contributed by atoms with Crippen LogP contribution in [-0.4, -0.2) is 20.1 Å². The maximum absolute atomic E-state index is 12.4. The monoisotopic (exact) mass is 285 g/mol. The zero-order chi connectivity index (χ0) is 15.4. The molecule has 2 rings (SSSR count). The summed E-state index contributed by atoms with van der Waals surface area (Å²) < 4.78 is 10.4. The van der Waals surface area contributed by atoms with Crippen molar-refractivity contribution in [2.45, 2.75) is 13.8 Å². The predicted octanol–water partition coefficient (Wildman–Crippen LogP) is 3.57. The quantitative estimate of drug-likeness (QED) is 0.934. The maximum atomic E-state index is 12.4. The third kappa shape index (κ3) is 3.54. The lowest BCUT2D eigenvalue weighted by molar-refractivity contribution is 0.102. The molecule has 0 aromatic heterocycles. The molecule has 0 saturated carbocycles. The summed E-state index contributed by atoms with van der Waals surface area (Å²) in [4.78, 5) is 12.4. The summed E-state index contributed by atoms with van der Waals surface area (Å²) in [5, 5.41) is 2.88. The van der Waals surface area contributed by atoms with Crippen LogP contribution in [0.1, 0.15) is 21.5 Å². The zero-order valence-corrected chi connectivity index (χ0v) is 12.7. The summed E-state index contributed by atoms with van der Waals surface area (Å²) in [6.07, 6.45) is 0. The molecule has 1 N–H and O–H groups in total. The third-order valence-electron chi connectivity index (χ3n) is 3.25. The number of rotatable bonds is 4. The molecule has 2 aromatic rings. The first-order valence-corrected chi connectivity index (χ1v) is 6.65. The van der Waals surface area contributed by atoms with Crippen LogP contribution in [0.2, 0.25) is 0 Å². The van der Waals surface area contributed by atoms with Gasteiger partial charge in [-0.05, 0) is 25.5 Å². The molecule has 1 amide bonds. The van der Waals surface area contributed by atoms with Crippen LogP contribution in [0.3, 0.4) is 0 Å². The van der Waals surface area contributed by atoms with Crippen LogP contribution in [0, 0.1) is 13.8 Å². The van der Waals surface area contributed by atoms with Crippen molar-refractivity contribution in [3.63, 3.8) is 0 Å². The van der Waals surface area contributed by atoms with E-state index in [9.17, 15) is 4.79 Å². The average Bonchev–Trinajstić information content (AvgIpc) is 2.49. The summed E-state index contributed by atoms with van der Waals surface area (Å²) in [6, 6.07) is 11.1. The van der Waals surface area contributed by atoms with Crippen molar-refractivity contribution >= 4 is 11.6 Å². The lowest BCUT2D eigenvalue weighted by atomic mass is 10.0. The fourth-order valence-electron chi connectivity index (χ4n) is 2.06. The molecule has 4 nitrogen and oxygen atoms in total. The van der Waals surface area contributed by atoms with Gasteiger partial charge in [0.1, 0.15) is 11.5 Å². The van der Waals surface area contributed by atoms with Gasteiger partial charge in [0.15, 0.2) is 0 Å². The van der Waals surface area contributed by atoms with Gasteiger partial charge in [0.25, 0.3) is 5.91 Å². The Kier molecular flexibility index (Phi) is 4.48. The fraction of sp³-hybridized carbons (Fsp3) is 0.235. The topological polar surface area (TPSA) is 47.6 Å². The number of ether oxygens (including phenoxy) is 2. The minimum absolute atomic E-state index is 0.147. The molecule has 0 radical (unpaired) electrons. The molecule has 110 valence electrons. The number of nitrogens with one attached hydrogen (secondary N) is 1. The number of benzene rings is 2. The number of methoxy groups -OCH3 is 2. The molecule has 0 aliphatic heterocycles. The first-order chi connectivity index (χ1) is 10.0. The Labute approximate surface area is 124 Å². The molecular formula is C17H19NO3. The molecule has 2 aromatic carbocycles. The van der Waals surface area contributed by atoms with Gasteiger partial charge in [0, 0.05) is 29.4 Å². The van der Waals surface area contributed by atoms with E-state index >= 15 is 0 Å². The molecule has 0 aliphatic carbocycles. The van der Waals surface area contributed by atoms with E-state index < -0.39 is 0 Å². The first-order valence-electron chi connectivity index (χ1n) is 6.65. The number of carbonyl (C=O) groups is 1. The van der Waals surface area contributed by atoms with Crippen molar-refractivity contribution in [1.82, 2.24) is 0 Å². The van der Waals surface area contributed by atoms with Gasteiger partial charge in [0.2, 0.25) is 0 Å². The minimum Gasteiger partial charge on any atom is -0.497 e. The van der Waals surface area contributed by atoms with Crippen LogP contribution in [0.15, 0.2) is 36.4 Å². The van der Waals surface area contributed by atoms with Crippen molar-refractivity contribution < 1.29 is 14.3 Å². The first kappa shape index (κ1) is 14.9. The summed E-state index contributed by atoms with van der Waals surface area (Å²) in [6.45, 7) is 3.88. The van der Waals surface area contributed by atoms with Gasteiger partial charge in [-0.25, -0.2) is 0 Å². The Hall–Kier alpha value is -2.49.